The van der Waals surface area contributed by atoms with E-state index in [1.54, 1.807) is 9.20 Å². The van der Waals surface area contributed by atoms with Gasteiger partial charge in [-0.15, -0.1) is 15.3 Å². The van der Waals surface area contributed by atoms with Crippen molar-refractivity contribution in [3.63, 3.8) is 0 Å². The van der Waals surface area contributed by atoms with E-state index in [1.165, 1.54) is 6.33 Å². The standard InChI is InChI=1S/C19H20N8O2/c1-25-17(20-13-21-25)12-29-19-15(26-7-9-28-10-8-26)11-16-22-23-18(27(16)24-19)14-5-3-2-4-6-14/h2-6,11,13H,7-10,12H2,1H3. The summed E-state index contributed by atoms with van der Waals surface area (Å²) in [4.78, 5) is 6.42. The number of anilines is 1. The number of morpholine rings is 1. The van der Waals surface area contributed by atoms with Gasteiger partial charge in [-0.2, -0.15) is 9.61 Å². The SMILES string of the molecule is Cn1ncnc1COc1nn2c(-c3ccccc3)nnc2cc1N1CCOCC1. The van der Waals surface area contributed by atoms with Crippen molar-refractivity contribution in [2.75, 3.05) is 31.2 Å². The fourth-order valence-corrected chi connectivity index (χ4v) is 3.29. The van der Waals surface area contributed by atoms with Crippen LogP contribution >= 0.6 is 0 Å². The minimum atomic E-state index is 0.259. The van der Waals surface area contributed by atoms with Crippen molar-refractivity contribution in [1.82, 2.24) is 34.6 Å². The van der Waals surface area contributed by atoms with Crippen molar-refractivity contribution in [3.8, 4) is 17.3 Å². The molecule has 1 fully saturated rings. The third-order valence-electron chi connectivity index (χ3n) is 4.87. The van der Waals surface area contributed by atoms with Gasteiger partial charge in [0.2, 0.25) is 0 Å². The van der Waals surface area contributed by atoms with Gasteiger partial charge in [0, 0.05) is 31.8 Å². The van der Waals surface area contributed by atoms with Crippen molar-refractivity contribution < 1.29 is 9.47 Å². The van der Waals surface area contributed by atoms with Gasteiger partial charge in [-0.05, 0) is 0 Å². The van der Waals surface area contributed by atoms with Gasteiger partial charge in [0.15, 0.2) is 17.3 Å². The zero-order chi connectivity index (χ0) is 19.6. The highest BCUT2D eigenvalue weighted by Crippen LogP contribution is 2.30. The van der Waals surface area contributed by atoms with Crippen molar-refractivity contribution in [3.05, 3.63) is 48.5 Å². The third-order valence-corrected chi connectivity index (χ3v) is 4.87. The number of rotatable bonds is 5. The van der Waals surface area contributed by atoms with Gasteiger partial charge in [0.25, 0.3) is 5.88 Å². The first-order valence-electron chi connectivity index (χ1n) is 9.40. The quantitative estimate of drug-likeness (QED) is 0.502. The number of fused-ring (bicyclic) bond motifs is 1. The van der Waals surface area contributed by atoms with Crippen LogP contribution in [0.2, 0.25) is 0 Å². The van der Waals surface area contributed by atoms with Crippen molar-refractivity contribution in [2.45, 2.75) is 6.61 Å². The molecule has 0 N–H and O–H groups in total. The van der Waals surface area contributed by atoms with E-state index in [4.69, 9.17) is 14.6 Å². The fraction of sp³-hybridized carbons (Fsp3) is 0.316. The van der Waals surface area contributed by atoms with Crippen molar-refractivity contribution >= 4 is 11.3 Å². The van der Waals surface area contributed by atoms with Gasteiger partial charge in [0.1, 0.15) is 18.6 Å². The molecule has 148 valence electrons. The van der Waals surface area contributed by atoms with Crippen LogP contribution in [-0.4, -0.2) is 60.9 Å². The Morgan fingerprint density at radius 3 is 2.69 bits per heavy atom. The van der Waals surface area contributed by atoms with E-state index in [1.807, 2.05) is 43.4 Å². The summed E-state index contributed by atoms with van der Waals surface area (Å²) in [6.07, 6.45) is 1.51. The van der Waals surface area contributed by atoms with Crippen LogP contribution in [0.3, 0.4) is 0 Å². The maximum absolute atomic E-state index is 6.09. The van der Waals surface area contributed by atoms with Gasteiger partial charge in [-0.3, -0.25) is 4.68 Å². The van der Waals surface area contributed by atoms with Crippen molar-refractivity contribution in [2.24, 2.45) is 7.05 Å². The molecule has 0 unspecified atom stereocenters. The highest BCUT2D eigenvalue weighted by molar-refractivity contribution is 5.65. The molecule has 5 rings (SSSR count). The number of aromatic nitrogens is 7. The summed E-state index contributed by atoms with van der Waals surface area (Å²) in [6.45, 7) is 3.11. The first kappa shape index (κ1) is 17.6. The Labute approximate surface area is 166 Å². The van der Waals surface area contributed by atoms with E-state index in [0.29, 0.717) is 36.4 Å². The van der Waals surface area contributed by atoms with E-state index in [9.17, 15) is 0 Å². The molecule has 0 saturated carbocycles. The lowest BCUT2D eigenvalue weighted by Crippen LogP contribution is -2.36. The Kier molecular flexibility index (Phi) is 4.53. The van der Waals surface area contributed by atoms with Gasteiger partial charge >= 0.3 is 0 Å². The molecule has 4 heterocycles. The molecule has 0 bridgehead atoms. The van der Waals surface area contributed by atoms with Gasteiger partial charge in [0.05, 0.1) is 13.2 Å². The number of benzene rings is 1. The lowest BCUT2D eigenvalue weighted by Gasteiger charge is -2.29. The van der Waals surface area contributed by atoms with Crippen LogP contribution in [0.15, 0.2) is 42.7 Å². The number of hydrogen-bond acceptors (Lipinski definition) is 8. The van der Waals surface area contributed by atoms with Crippen LogP contribution in [0.5, 0.6) is 5.88 Å². The van der Waals surface area contributed by atoms with Crippen LogP contribution < -0.4 is 9.64 Å². The number of hydrogen-bond donors (Lipinski definition) is 0. The number of nitrogens with zero attached hydrogens (tertiary/aromatic N) is 8. The maximum Gasteiger partial charge on any atom is 0.256 e. The molecule has 0 aliphatic carbocycles. The monoisotopic (exact) mass is 392 g/mol. The Hall–Kier alpha value is -3.53. The topological polar surface area (TPSA) is 95.5 Å². The highest BCUT2D eigenvalue weighted by atomic mass is 16.5. The van der Waals surface area contributed by atoms with E-state index < -0.39 is 0 Å². The second-order valence-electron chi connectivity index (χ2n) is 6.68. The fourth-order valence-electron chi connectivity index (χ4n) is 3.29. The number of ether oxygens (including phenoxy) is 2. The average molecular weight is 392 g/mol. The second-order valence-corrected chi connectivity index (χ2v) is 6.68. The molecule has 4 aromatic rings. The molecule has 10 nitrogen and oxygen atoms in total. The number of aryl methyl sites for hydroxylation is 1. The first-order valence-corrected chi connectivity index (χ1v) is 9.40. The highest BCUT2D eigenvalue weighted by Gasteiger charge is 2.21. The molecule has 1 aliphatic heterocycles. The molecule has 0 atom stereocenters. The molecule has 1 aliphatic rings. The summed E-state index contributed by atoms with van der Waals surface area (Å²) < 4.78 is 15.0. The van der Waals surface area contributed by atoms with Crippen LogP contribution in [0.1, 0.15) is 5.82 Å². The predicted molar refractivity (Wildman–Crippen MR) is 105 cm³/mol. The molecule has 1 saturated heterocycles. The molecule has 3 aromatic heterocycles. The van der Waals surface area contributed by atoms with E-state index >= 15 is 0 Å². The normalized spacial score (nSPS) is 14.4. The first-order chi connectivity index (χ1) is 14.3. The summed E-state index contributed by atoms with van der Waals surface area (Å²) >= 11 is 0. The lowest BCUT2D eigenvalue weighted by atomic mass is 10.2. The Morgan fingerprint density at radius 2 is 1.93 bits per heavy atom. The Balaban J connectivity index is 1.57. The molecule has 10 heteroatoms. The smallest absolute Gasteiger partial charge is 0.256 e. The molecule has 29 heavy (non-hydrogen) atoms. The third kappa shape index (κ3) is 3.38. The van der Waals surface area contributed by atoms with Crippen LogP contribution in [0.4, 0.5) is 5.69 Å². The molecule has 0 amide bonds. The molecular weight excluding hydrogens is 372 g/mol. The summed E-state index contributed by atoms with van der Waals surface area (Å²) in [7, 11) is 1.83. The lowest BCUT2D eigenvalue weighted by molar-refractivity contribution is 0.122. The van der Waals surface area contributed by atoms with Crippen molar-refractivity contribution in [1.29, 1.82) is 0 Å². The summed E-state index contributed by atoms with van der Waals surface area (Å²) in [5.74, 6) is 1.88. The molecule has 1 aromatic carbocycles. The van der Waals surface area contributed by atoms with Crippen LogP contribution in [0.25, 0.3) is 17.0 Å². The predicted octanol–water partition coefficient (Wildman–Crippen LogP) is 1.34. The Morgan fingerprint density at radius 1 is 1.10 bits per heavy atom. The molecular formula is C19H20N8O2. The molecule has 0 spiro atoms. The summed E-state index contributed by atoms with van der Waals surface area (Å²) in [5.41, 5.74) is 2.47. The van der Waals surface area contributed by atoms with Crippen LogP contribution in [0, 0.1) is 0 Å². The molecule has 0 radical (unpaired) electrons. The Bertz CT molecular complexity index is 1120. The average Bonchev–Trinajstić information content (AvgIpc) is 3.38. The van der Waals surface area contributed by atoms with Gasteiger partial charge in [-0.1, -0.05) is 30.3 Å². The zero-order valence-corrected chi connectivity index (χ0v) is 16.0. The van der Waals surface area contributed by atoms with Gasteiger partial charge < -0.3 is 14.4 Å². The van der Waals surface area contributed by atoms with E-state index in [2.05, 4.69) is 25.2 Å². The van der Waals surface area contributed by atoms with Crippen LogP contribution in [-0.2, 0) is 18.4 Å². The van der Waals surface area contributed by atoms with E-state index in [-0.39, 0.29) is 6.61 Å². The largest absolute Gasteiger partial charge is 0.467 e. The summed E-state index contributed by atoms with van der Waals surface area (Å²) in [6, 6.07) is 11.8. The maximum atomic E-state index is 6.09. The zero-order valence-electron chi connectivity index (χ0n) is 16.0. The minimum absolute atomic E-state index is 0.259. The summed E-state index contributed by atoms with van der Waals surface area (Å²) in [5, 5.41) is 17.5. The van der Waals surface area contributed by atoms with E-state index in [0.717, 1.165) is 24.3 Å². The van der Waals surface area contributed by atoms with Gasteiger partial charge in [-0.25, -0.2) is 4.98 Å². The second kappa shape index (κ2) is 7.47. The minimum Gasteiger partial charge on any atom is -0.467 e.